The fourth-order valence-corrected chi connectivity index (χ4v) is 3.21. The summed E-state index contributed by atoms with van der Waals surface area (Å²) in [6.45, 7) is 7.19. The number of nitrogens with two attached hydrogens (primary N) is 1. The lowest BCUT2D eigenvalue weighted by atomic mass is 10.2. The van der Waals surface area contributed by atoms with E-state index in [0.29, 0.717) is 29.6 Å². The standard InChI is InChI=1S/C12H21N3OS/c1-4-14-17(16,15-9-10(2)3)12-7-5-6-11(13)8-12/h5-8,10H,4,9,13H2,1-3H3,(H,14,15,16). The number of benzene rings is 1. The molecular formula is C12H21N3OS. The van der Waals surface area contributed by atoms with E-state index in [1.807, 2.05) is 6.92 Å². The molecule has 0 bridgehead atoms. The molecule has 0 heterocycles. The Morgan fingerprint density at radius 2 is 2.18 bits per heavy atom. The zero-order valence-corrected chi connectivity index (χ0v) is 11.5. The van der Waals surface area contributed by atoms with Crippen LogP contribution in [0.3, 0.4) is 0 Å². The average molecular weight is 255 g/mol. The van der Waals surface area contributed by atoms with Gasteiger partial charge in [0.1, 0.15) is 9.92 Å². The Bertz CT molecular complexity index is 476. The second-order valence-electron chi connectivity index (χ2n) is 4.30. The molecule has 1 aromatic carbocycles. The van der Waals surface area contributed by atoms with Crippen LogP contribution in [0.2, 0.25) is 0 Å². The van der Waals surface area contributed by atoms with Crippen molar-refractivity contribution in [2.24, 2.45) is 10.3 Å². The molecular weight excluding hydrogens is 234 g/mol. The molecule has 1 rings (SSSR count). The van der Waals surface area contributed by atoms with E-state index in [-0.39, 0.29) is 0 Å². The molecule has 0 radical (unpaired) electrons. The van der Waals surface area contributed by atoms with Gasteiger partial charge < -0.3 is 5.73 Å². The molecule has 0 aliphatic rings. The van der Waals surface area contributed by atoms with Gasteiger partial charge >= 0.3 is 0 Å². The quantitative estimate of drug-likeness (QED) is 0.793. The summed E-state index contributed by atoms with van der Waals surface area (Å²) in [4.78, 5) is 0.653. The van der Waals surface area contributed by atoms with E-state index in [0.717, 1.165) is 0 Å². The van der Waals surface area contributed by atoms with E-state index in [1.165, 1.54) is 0 Å². The van der Waals surface area contributed by atoms with Gasteiger partial charge in [-0.2, -0.15) is 0 Å². The smallest absolute Gasteiger partial charge is 0.137 e. The van der Waals surface area contributed by atoms with E-state index < -0.39 is 9.92 Å². The molecule has 0 amide bonds. The lowest BCUT2D eigenvalue weighted by Gasteiger charge is -2.12. The molecule has 96 valence electrons. The summed E-state index contributed by atoms with van der Waals surface area (Å²) in [5.74, 6) is 0.385. The van der Waals surface area contributed by atoms with Gasteiger partial charge in [-0.05, 0) is 24.1 Å². The Labute approximate surface area is 104 Å². The summed E-state index contributed by atoms with van der Waals surface area (Å²) >= 11 is 0. The SMILES string of the molecule is CCNS(=O)(=NCC(C)C)c1cccc(N)c1. The Balaban J connectivity index is 3.16. The molecule has 0 aliphatic carbocycles. The van der Waals surface area contributed by atoms with Crippen LogP contribution in [0, 0.1) is 5.92 Å². The third kappa shape index (κ3) is 4.02. The van der Waals surface area contributed by atoms with Crippen molar-refractivity contribution >= 4 is 15.6 Å². The van der Waals surface area contributed by atoms with E-state index in [9.17, 15) is 4.21 Å². The Hall–Kier alpha value is -1.07. The zero-order chi connectivity index (χ0) is 12.9. The molecule has 4 nitrogen and oxygen atoms in total. The average Bonchev–Trinajstić information content (AvgIpc) is 2.27. The van der Waals surface area contributed by atoms with Crippen molar-refractivity contribution in [2.45, 2.75) is 25.7 Å². The minimum absolute atomic E-state index is 0.385. The minimum atomic E-state index is -2.54. The summed E-state index contributed by atoms with van der Waals surface area (Å²) in [6.07, 6.45) is 0. The van der Waals surface area contributed by atoms with E-state index in [4.69, 9.17) is 5.73 Å². The van der Waals surface area contributed by atoms with Crippen LogP contribution >= 0.6 is 0 Å². The highest BCUT2D eigenvalue weighted by Crippen LogP contribution is 2.15. The Morgan fingerprint density at radius 3 is 2.71 bits per heavy atom. The van der Waals surface area contributed by atoms with E-state index in [1.54, 1.807) is 24.3 Å². The Kier molecular flexibility index (Phi) is 4.96. The number of rotatable bonds is 5. The number of nitrogen functional groups attached to an aromatic ring is 1. The fourth-order valence-electron chi connectivity index (χ4n) is 1.34. The van der Waals surface area contributed by atoms with Crippen molar-refractivity contribution in [2.75, 3.05) is 18.8 Å². The molecule has 0 aliphatic heterocycles. The maximum atomic E-state index is 12.7. The first-order valence-electron chi connectivity index (χ1n) is 5.81. The molecule has 1 unspecified atom stereocenters. The lowest BCUT2D eigenvalue weighted by molar-refractivity contribution is 0.642. The van der Waals surface area contributed by atoms with Crippen LogP contribution in [0.4, 0.5) is 5.69 Å². The summed E-state index contributed by atoms with van der Waals surface area (Å²) in [6, 6.07) is 7.09. The largest absolute Gasteiger partial charge is 0.399 e. The van der Waals surface area contributed by atoms with Gasteiger partial charge in [0, 0.05) is 12.2 Å². The second kappa shape index (κ2) is 6.02. The highest BCUT2D eigenvalue weighted by atomic mass is 32.2. The van der Waals surface area contributed by atoms with Crippen molar-refractivity contribution in [3.8, 4) is 0 Å². The topological polar surface area (TPSA) is 67.5 Å². The van der Waals surface area contributed by atoms with Crippen LogP contribution in [-0.4, -0.2) is 17.3 Å². The van der Waals surface area contributed by atoms with Crippen LogP contribution in [-0.2, 0) is 9.92 Å². The molecule has 0 aromatic heterocycles. The van der Waals surface area contributed by atoms with Crippen molar-refractivity contribution in [1.29, 1.82) is 0 Å². The highest BCUT2D eigenvalue weighted by Gasteiger charge is 2.11. The minimum Gasteiger partial charge on any atom is -0.399 e. The second-order valence-corrected chi connectivity index (χ2v) is 6.37. The van der Waals surface area contributed by atoms with Gasteiger partial charge in [0.05, 0.1) is 11.4 Å². The normalized spacial score (nSPS) is 14.6. The van der Waals surface area contributed by atoms with Crippen LogP contribution in [0.5, 0.6) is 0 Å². The first kappa shape index (κ1) is 14.0. The molecule has 5 heteroatoms. The molecule has 3 N–H and O–H groups in total. The fraction of sp³-hybridized carbons (Fsp3) is 0.500. The van der Waals surface area contributed by atoms with Gasteiger partial charge in [0.25, 0.3) is 0 Å². The summed E-state index contributed by atoms with van der Waals surface area (Å²) in [5, 5.41) is 0. The molecule has 0 saturated heterocycles. The lowest BCUT2D eigenvalue weighted by Crippen LogP contribution is -2.24. The molecule has 0 spiro atoms. The predicted octanol–water partition coefficient (Wildman–Crippen LogP) is 2.28. The van der Waals surface area contributed by atoms with Crippen molar-refractivity contribution in [1.82, 2.24) is 4.72 Å². The summed E-state index contributed by atoms with van der Waals surface area (Å²) in [7, 11) is -2.54. The monoisotopic (exact) mass is 255 g/mol. The first-order valence-corrected chi connectivity index (χ1v) is 7.32. The van der Waals surface area contributed by atoms with Crippen LogP contribution in [0.25, 0.3) is 0 Å². The van der Waals surface area contributed by atoms with E-state index in [2.05, 4.69) is 22.9 Å². The van der Waals surface area contributed by atoms with E-state index >= 15 is 0 Å². The van der Waals surface area contributed by atoms with Crippen LogP contribution in [0.15, 0.2) is 33.5 Å². The van der Waals surface area contributed by atoms with Gasteiger partial charge in [-0.1, -0.05) is 26.8 Å². The summed E-state index contributed by atoms with van der Waals surface area (Å²) in [5.41, 5.74) is 6.32. The van der Waals surface area contributed by atoms with Gasteiger partial charge in [-0.15, -0.1) is 0 Å². The van der Waals surface area contributed by atoms with Crippen molar-refractivity contribution in [3.05, 3.63) is 24.3 Å². The van der Waals surface area contributed by atoms with Gasteiger partial charge in [-0.3, -0.25) is 0 Å². The molecule has 0 fully saturated rings. The molecule has 1 aromatic rings. The third-order valence-corrected chi connectivity index (χ3v) is 4.22. The van der Waals surface area contributed by atoms with Crippen molar-refractivity contribution in [3.63, 3.8) is 0 Å². The zero-order valence-electron chi connectivity index (χ0n) is 10.6. The highest BCUT2D eigenvalue weighted by molar-refractivity contribution is 7.91. The maximum Gasteiger partial charge on any atom is 0.137 e. The number of anilines is 1. The molecule has 17 heavy (non-hydrogen) atoms. The van der Waals surface area contributed by atoms with Gasteiger partial charge in [0.15, 0.2) is 0 Å². The molecule has 1 atom stereocenters. The molecule has 0 saturated carbocycles. The third-order valence-electron chi connectivity index (χ3n) is 2.14. The summed E-state index contributed by atoms with van der Waals surface area (Å²) < 4.78 is 20.0. The number of hydrogen-bond donors (Lipinski definition) is 2. The Morgan fingerprint density at radius 1 is 1.47 bits per heavy atom. The predicted molar refractivity (Wildman–Crippen MR) is 73.1 cm³/mol. The maximum absolute atomic E-state index is 12.7. The number of nitrogens with zero attached hydrogens (tertiary/aromatic N) is 1. The van der Waals surface area contributed by atoms with Gasteiger partial charge in [0.2, 0.25) is 0 Å². The van der Waals surface area contributed by atoms with Gasteiger partial charge in [-0.25, -0.2) is 13.3 Å². The van der Waals surface area contributed by atoms with Crippen molar-refractivity contribution < 1.29 is 4.21 Å². The van der Waals surface area contributed by atoms with Crippen LogP contribution in [0.1, 0.15) is 20.8 Å². The van der Waals surface area contributed by atoms with Crippen LogP contribution < -0.4 is 10.5 Å². The number of hydrogen-bond acceptors (Lipinski definition) is 3. The first-order chi connectivity index (χ1) is 7.98. The number of nitrogens with one attached hydrogen (secondary N) is 1.